The highest BCUT2D eigenvalue weighted by Gasteiger charge is 2.28. The first-order valence-electron chi connectivity index (χ1n) is 7.35. The summed E-state index contributed by atoms with van der Waals surface area (Å²) in [6.45, 7) is 6.42. The quantitative estimate of drug-likeness (QED) is 0.567. The molecule has 0 bridgehead atoms. The van der Waals surface area contributed by atoms with Crippen molar-refractivity contribution >= 4 is 39.2 Å². The molecule has 1 N–H and O–H groups in total. The van der Waals surface area contributed by atoms with Gasteiger partial charge in [0.2, 0.25) is 0 Å². The molecule has 1 aliphatic rings. The van der Waals surface area contributed by atoms with Gasteiger partial charge in [0.15, 0.2) is 0 Å². The fourth-order valence-electron chi connectivity index (χ4n) is 2.45. The molecule has 0 radical (unpaired) electrons. The van der Waals surface area contributed by atoms with Crippen molar-refractivity contribution in [1.29, 1.82) is 0 Å². The van der Waals surface area contributed by atoms with Crippen molar-refractivity contribution in [2.24, 2.45) is 0 Å². The van der Waals surface area contributed by atoms with E-state index in [4.69, 9.17) is 16.2 Å². The molecule has 1 unspecified atom stereocenters. The maximum Gasteiger partial charge on any atom is 0.264 e. The van der Waals surface area contributed by atoms with Crippen LogP contribution in [0.25, 0.3) is 0 Å². The number of fused-ring (bicyclic) bond motifs is 1. The van der Waals surface area contributed by atoms with Crippen molar-refractivity contribution in [2.75, 3.05) is 17.2 Å². The molecule has 0 aliphatic carbocycles. The minimum Gasteiger partial charge on any atom is -0.355 e. The Morgan fingerprint density at radius 2 is 2.26 bits per heavy atom. The molecule has 1 heterocycles. The third-order valence-corrected chi connectivity index (χ3v) is 5.88. The van der Waals surface area contributed by atoms with Crippen molar-refractivity contribution in [3.63, 3.8) is 0 Å². The van der Waals surface area contributed by atoms with Crippen LogP contribution in [-0.4, -0.2) is 30.6 Å². The highest BCUT2D eigenvalue weighted by molar-refractivity contribution is 8.00. The number of allylic oxidation sites excluding steroid dienone is 2. The Labute approximate surface area is 147 Å². The Morgan fingerprint density at radius 1 is 1.52 bits per heavy atom. The van der Waals surface area contributed by atoms with Gasteiger partial charge in [0.25, 0.3) is 10.1 Å². The monoisotopic (exact) mass is 373 g/mol. The Balaban J connectivity index is 2.25. The van der Waals surface area contributed by atoms with E-state index in [1.165, 1.54) is 0 Å². The lowest BCUT2D eigenvalue weighted by atomic mass is 10.2. The van der Waals surface area contributed by atoms with Gasteiger partial charge in [-0.3, -0.25) is 4.55 Å². The SMILES string of the molecule is C=CC(=CC1Sc2ccc(Cl)cc2N1CCCS(=O)(=O)O)CC. The predicted molar refractivity (Wildman–Crippen MR) is 98.0 cm³/mol. The Hall–Kier alpha value is -0.950. The molecule has 23 heavy (non-hydrogen) atoms. The number of hydrogen-bond donors (Lipinski definition) is 1. The third kappa shape index (κ3) is 5.01. The van der Waals surface area contributed by atoms with Crippen LogP contribution < -0.4 is 4.90 Å². The molecule has 4 nitrogen and oxygen atoms in total. The smallest absolute Gasteiger partial charge is 0.264 e. The average Bonchev–Trinajstić information content (AvgIpc) is 2.81. The molecule has 1 atom stereocenters. The third-order valence-electron chi connectivity index (χ3n) is 3.61. The molecule has 0 aromatic heterocycles. The molecule has 0 spiro atoms. The van der Waals surface area contributed by atoms with Gasteiger partial charge >= 0.3 is 0 Å². The number of nitrogens with zero attached hydrogens (tertiary/aromatic N) is 1. The van der Waals surface area contributed by atoms with Gasteiger partial charge in [-0.1, -0.05) is 42.9 Å². The first-order valence-corrected chi connectivity index (χ1v) is 10.2. The van der Waals surface area contributed by atoms with Crippen LogP contribution in [0.4, 0.5) is 5.69 Å². The molecule has 1 aromatic carbocycles. The Morgan fingerprint density at radius 3 is 2.87 bits per heavy atom. The van der Waals surface area contributed by atoms with E-state index in [9.17, 15) is 8.42 Å². The zero-order valence-corrected chi connectivity index (χ0v) is 15.3. The van der Waals surface area contributed by atoms with Gasteiger partial charge in [-0.05, 0) is 42.7 Å². The van der Waals surface area contributed by atoms with Gasteiger partial charge in [0.05, 0.1) is 16.8 Å². The van der Waals surface area contributed by atoms with Gasteiger partial charge < -0.3 is 4.90 Å². The average molecular weight is 374 g/mol. The maximum atomic E-state index is 10.9. The van der Waals surface area contributed by atoms with E-state index in [0.717, 1.165) is 22.6 Å². The number of rotatable bonds is 7. The molecule has 2 rings (SSSR count). The second-order valence-corrected chi connectivity index (χ2v) is 8.42. The van der Waals surface area contributed by atoms with E-state index in [1.807, 2.05) is 24.3 Å². The van der Waals surface area contributed by atoms with Gasteiger partial charge in [-0.25, -0.2) is 0 Å². The lowest BCUT2D eigenvalue weighted by molar-refractivity contribution is 0.481. The molecule has 1 aromatic rings. The number of halogens is 1. The van der Waals surface area contributed by atoms with Crippen LogP contribution in [0.15, 0.2) is 47.4 Å². The van der Waals surface area contributed by atoms with Crippen molar-refractivity contribution in [3.8, 4) is 0 Å². The van der Waals surface area contributed by atoms with E-state index < -0.39 is 10.1 Å². The molecule has 7 heteroatoms. The molecule has 1 aliphatic heterocycles. The van der Waals surface area contributed by atoms with Gasteiger partial charge in [0.1, 0.15) is 0 Å². The van der Waals surface area contributed by atoms with Gasteiger partial charge in [-0.15, -0.1) is 0 Å². The van der Waals surface area contributed by atoms with Crippen LogP contribution in [0, 0.1) is 0 Å². The summed E-state index contributed by atoms with van der Waals surface area (Å²) in [4.78, 5) is 3.23. The lowest BCUT2D eigenvalue weighted by Crippen LogP contribution is -2.30. The van der Waals surface area contributed by atoms with Crippen LogP contribution in [-0.2, 0) is 10.1 Å². The zero-order chi connectivity index (χ0) is 17.0. The van der Waals surface area contributed by atoms with E-state index in [-0.39, 0.29) is 11.1 Å². The molecule has 126 valence electrons. The topological polar surface area (TPSA) is 57.6 Å². The molecule has 0 fully saturated rings. The molecule has 0 amide bonds. The summed E-state index contributed by atoms with van der Waals surface area (Å²) in [5, 5.41) is 0.714. The first kappa shape index (κ1) is 18.4. The summed E-state index contributed by atoms with van der Waals surface area (Å²) >= 11 is 7.80. The summed E-state index contributed by atoms with van der Waals surface area (Å²) in [6.07, 6.45) is 5.22. The van der Waals surface area contributed by atoms with E-state index in [2.05, 4.69) is 24.5 Å². The molecular weight excluding hydrogens is 354 g/mol. The van der Waals surface area contributed by atoms with E-state index >= 15 is 0 Å². The second kappa shape index (κ2) is 7.75. The molecular formula is C16H20ClNO3S2. The highest BCUT2D eigenvalue weighted by atomic mass is 35.5. The number of thioether (sulfide) groups is 1. The van der Waals surface area contributed by atoms with Gasteiger partial charge in [0, 0.05) is 16.5 Å². The second-order valence-electron chi connectivity index (χ2n) is 5.25. The van der Waals surface area contributed by atoms with Crippen LogP contribution >= 0.6 is 23.4 Å². The van der Waals surface area contributed by atoms with Crippen LogP contribution in [0.1, 0.15) is 19.8 Å². The fraction of sp³-hybridized carbons (Fsp3) is 0.375. The standard InChI is InChI=1S/C16H20ClNO3S2/c1-3-12(4-2)10-16-18(8-5-9-23(19,20)21)14-11-13(17)6-7-15(14)22-16/h3,6-7,10-11,16H,1,4-5,8-9H2,2H3,(H,19,20,21). The number of benzene rings is 1. The molecule has 0 saturated heterocycles. The minimum absolute atomic E-state index is 0.0674. The summed E-state index contributed by atoms with van der Waals surface area (Å²) in [5.41, 5.74) is 2.14. The number of anilines is 1. The van der Waals surface area contributed by atoms with Crippen LogP contribution in [0.5, 0.6) is 0 Å². The van der Waals surface area contributed by atoms with Crippen LogP contribution in [0.2, 0.25) is 5.02 Å². The van der Waals surface area contributed by atoms with E-state index in [0.29, 0.717) is 18.0 Å². The van der Waals surface area contributed by atoms with E-state index in [1.54, 1.807) is 11.8 Å². The predicted octanol–water partition coefficient (Wildman–Crippen LogP) is 4.38. The Bertz CT molecular complexity index is 716. The van der Waals surface area contributed by atoms with Crippen LogP contribution in [0.3, 0.4) is 0 Å². The summed E-state index contributed by atoms with van der Waals surface area (Å²) in [5.74, 6) is -0.247. The first-order chi connectivity index (χ1) is 10.8. The maximum absolute atomic E-state index is 10.9. The van der Waals surface area contributed by atoms with Crippen molar-refractivity contribution < 1.29 is 13.0 Å². The number of hydrogen-bond acceptors (Lipinski definition) is 4. The lowest BCUT2D eigenvalue weighted by Gasteiger charge is -2.25. The fourth-order valence-corrected chi connectivity index (χ4v) is 4.40. The normalized spacial score (nSPS) is 18.1. The Kier molecular flexibility index (Phi) is 6.19. The van der Waals surface area contributed by atoms with Gasteiger partial charge in [-0.2, -0.15) is 8.42 Å². The highest BCUT2D eigenvalue weighted by Crippen LogP contribution is 2.45. The zero-order valence-electron chi connectivity index (χ0n) is 12.9. The van der Waals surface area contributed by atoms with Crippen molar-refractivity contribution in [2.45, 2.75) is 30.0 Å². The summed E-state index contributed by atoms with van der Waals surface area (Å²) in [7, 11) is -3.94. The van der Waals surface area contributed by atoms with Crippen molar-refractivity contribution in [3.05, 3.63) is 47.5 Å². The minimum atomic E-state index is -3.94. The summed E-state index contributed by atoms with van der Waals surface area (Å²) in [6, 6.07) is 5.72. The largest absolute Gasteiger partial charge is 0.355 e. The van der Waals surface area contributed by atoms with Crippen molar-refractivity contribution in [1.82, 2.24) is 0 Å². The molecule has 0 saturated carbocycles. The summed E-state index contributed by atoms with van der Waals surface area (Å²) < 4.78 is 30.8.